The number of piperazine rings is 1. The van der Waals surface area contributed by atoms with Crippen LogP contribution in [-0.4, -0.2) is 52.3 Å². The first-order valence-corrected chi connectivity index (χ1v) is 10.1. The molecule has 1 aliphatic rings. The average Bonchev–Trinajstić information content (AvgIpc) is 3.10. The molecule has 3 aromatic rings. The van der Waals surface area contributed by atoms with Gasteiger partial charge in [0, 0.05) is 49.8 Å². The third kappa shape index (κ3) is 4.12. The maximum Gasteiger partial charge on any atom is 0.266 e. The Labute approximate surface area is 174 Å². The van der Waals surface area contributed by atoms with Crippen molar-refractivity contribution >= 4 is 11.6 Å². The number of carbonyl (C=O) groups excluding carboxylic acids is 1. The third-order valence-corrected chi connectivity index (χ3v) is 5.58. The van der Waals surface area contributed by atoms with Crippen molar-refractivity contribution in [2.75, 3.05) is 31.1 Å². The highest BCUT2D eigenvalue weighted by molar-refractivity contribution is 5.78. The fraction of sp³-hybridized carbons (Fsp3) is 0.364. The molecule has 1 aliphatic heterocycles. The van der Waals surface area contributed by atoms with Crippen LogP contribution in [0.1, 0.15) is 23.4 Å². The van der Waals surface area contributed by atoms with Crippen LogP contribution in [0.25, 0.3) is 11.3 Å². The van der Waals surface area contributed by atoms with E-state index in [9.17, 15) is 9.59 Å². The standard InChI is InChI=1S/C22H25N5O3/c1-15-18(16(2)30-25-15)8-9-21(29)27-12-10-26(11-13-27)19-14-20(28)23-24-22(19)17-6-4-3-5-7-17/h3-7,14H,8-13H2,1-2H3,(H,23,28). The predicted molar refractivity (Wildman–Crippen MR) is 113 cm³/mol. The second-order valence-electron chi connectivity index (χ2n) is 7.50. The summed E-state index contributed by atoms with van der Waals surface area (Å²) in [6.07, 6.45) is 1.07. The van der Waals surface area contributed by atoms with Crippen molar-refractivity contribution in [3.8, 4) is 11.3 Å². The first-order valence-electron chi connectivity index (χ1n) is 10.1. The quantitative estimate of drug-likeness (QED) is 0.697. The number of benzene rings is 1. The molecule has 8 heteroatoms. The summed E-state index contributed by atoms with van der Waals surface area (Å²) in [5, 5.41) is 10.8. The molecule has 0 radical (unpaired) electrons. The zero-order valence-electron chi connectivity index (χ0n) is 17.2. The zero-order valence-corrected chi connectivity index (χ0v) is 17.2. The van der Waals surface area contributed by atoms with Crippen molar-refractivity contribution in [1.82, 2.24) is 20.3 Å². The van der Waals surface area contributed by atoms with Crippen molar-refractivity contribution < 1.29 is 9.32 Å². The van der Waals surface area contributed by atoms with Crippen LogP contribution in [-0.2, 0) is 11.2 Å². The van der Waals surface area contributed by atoms with E-state index in [-0.39, 0.29) is 11.5 Å². The fourth-order valence-electron chi connectivity index (χ4n) is 3.89. The lowest BCUT2D eigenvalue weighted by atomic mass is 10.1. The molecule has 1 saturated heterocycles. The maximum atomic E-state index is 12.7. The molecule has 4 rings (SSSR count). The number of H-pyrrole nitrogens is 1. The van der Waals surface area contributed by atoms with Crippen LogP contribution in [0, 0.1) is 13.8 Å². The molecule has 1 N–H and O–H groups in total. The molecule has 2 aromatic heterocycles. The Bertz CT molecular complexity index is 1060. The molecule has 3 heterocycles. The van der Waals surface area contributed by atoms with Gasteiger partial charge >= 0.3 is 0 Å². The van der Waals surface area contributed by atoms with E-state index in [0.717, 1.165) is 34.0 Å². The monoisotopic (exact) mass is 407 g/mol. The molecule has 30 heavy (non-hydrogen) atoms. The van der Waals surface area contributed by atoms with Crippen molar-refractivity contribution in [3.05, 3.63) is 63.8 Å². The molecule has 156 valence electrons. The number of nitrogens with zero attached hydrogens (tertiary/aromatic N) is 4. The Balaban J connectivity index is 1.42. The molecular weight excluding hydrogens is 382 g/mol. The number of hydrogen-bond acceptors (Lipinski definition) is 6. The van der Waals surface area contributed by atoms with Gasteiger partial charge in [0.15, 0.2) is 0 Å². The lowest BCUT2D eigenvalue weighted by Crippen LogP contribution is -2.49. The number of nitrogens with one attached hydrogen (secondary N) is 1. The first-order chi connectivity index (χ1) is 14.5. The van der Waals surface area contributed by atoms with Crippen LogP contribution < -0.4 is 10.5 Å². The molecule has 0 bridgehead atoms. The van der Waals surface area contributed by atoms with Crippen LogP contribution >= 0.6 is 0 Å². The van der Waals surface area contributed by atoms with E-state index in [1.165, 1.54) is 0 Å². The molecule has 0 unspecified atom stereocenters. The van der Waals surface area contributed by atoms with E-state index in [1.807, 2.05) is 49.1 Å². The summed E-state index contributed by atoms with van der Waals surface area (Å²) in [4.78, 5) is 28.6. The van der Waals surface area contributed by atoms with Crippen molar-refractivity contribution in [3.63, 3.8) is 0 Å². The largest absolute Gasteiger partial charge is 0.366 e. The average molecular weight is 407 g/mol. The van der Waals surface area contributed by atoms with Crippen molar-refractivity contribution in [1.29, 1.82) is 0 Å². The number of aromatic amines is 1. The first kappa shape index (κ1) is 19.9. The number of rotatable bonds is 5. The number of aromatic nitrogens is 3. The van der Waals surface area contributed by atoms with Gasteiger partial charge in [0.2, 0.25) is 5.91 Å². The summed E-state index contributed by atoms with van der Waals surface area (Å²) in [6, 6.07) is 11.4. The Morgan fingerprint density at radius 1 is 1.13 bits per heavy atom. The van der Waals surface area contributed by atoms with E-state index in [1.54, 1.807) is 6.07 Å². The highest BCUT2D eigenvalue weighted by Gasteiger charge is 2.24. The summed E-state index contributed by atoms with van der Waals surface area (Å²) in [5.74, 6) is 0.905. The highest BCUT2D eigenvalue weighted by Crippen LogP contribution is 2.27. The van der Waals surface area contributed by atoms with Gasteiger partial charge < -0.3 is 14.3 Å². The van der Waals surface area contributed by atoms with E-state index >= 15 is 0 Å². The summed E-state index contributed by atoms with van der Waals surface area (Å²) in [6.45, 7) is 6.31. The Morgan fingerprint density at radius 2 is 1.87 bits per heavy atom. The van der Waals surface area contributed by atoms with Gasteiger partial charge in [0.1, 0.15) is 11.5 Å². The molecule has 1 fully saturated rings. The molecule has 0 spiro atoms. The van der Waals surface area contributed by atoms with Crippen LogP contribution in [0.3, 0.4) is 0 Å². The van der Waals surface area contributed by atoms with Gasteiger partial charge in [-0.3, -0.25) is 9.59 Å². The van der Waals surface area contributed by atoms with E-state index < -0.39 is 0 Å². The number of hydrogen-bond donors (Lipinski definition) is 1. The number of carbonyl (C=O) groups is 1. The Kier molecular flexibility index (Phi) is 5.65. The van der Waals surface area contributed by atoms with Crippen LogP contribution in [0.2, 0.25) is 0 Å². The molecule has 0 aliphatic carbocycles. The van der Waals surface area contributed by atoms with Gasteiger partial charge in [0.05, 0.1) is 11.4 Å². The maximum absolute atomic E-state index is 12.7. The Hall–Kier alpha value is -3.42. The second kappa shape index (κ2) is 8.52. The summed E-state index contributed by atoms with van der Waals surface area (Å²) < 4.78 is 5.18. The van der Waals surface area contributed by atoms with E-state index in [0.29, 0.717) is 39.0 Å². The number of amides is 1. The minimum Gasteiger partial charge on any atom is -0.366 e. The van der Waals surface area contributed by atoms with Crippen molar-refractivity contribution in [2.45, 2.75) is 26.7 Å². The molecule has 0 atom stereocenters. The normalized spacial score (nSPS) is 14.2. The third-order valence-electron chi connectivity index (χ3n) is 5.58. The fourth-order valence-corrected chi connectivity index (χ4v) is 3.89. The minimum atomic E-state index is -0.234. The van der Waals surface area contributed by atoms with E-state index in [2.05, 4.69) is 20.3 Å². The summed E-state index contributed by atoms with van der Waals surface area (Å²) in [7, 11) is 0. The predicted octanol–water partition coefficient (Wildman–Crippen LogP) is 2.32. The molecule has 1 amide bonds. The smallest absolute Gasteiger partial charge is 0.266 e. The van der Waals surface area contributed by atoms with Gasteiger partial charge in [-0.2, -0.15) is 5.10 Å². The second-order valence-corrected chi connectivity index (χ2v) is 7.50. The summed E-state index contributed by atoms with van der Waals surface area (Å²) in [5.41, 5.74) is 4.12. The van der Waals surface area contributed by atoms with Gasteiger partial charge in [0.25, 0.3) is 5.56 Å². The zero-order chi connectivity index (χ0) is 21.1. The van der Waals surface area contributed by atoms with E-state index in [4.69, 9.17) is 4.52 Å². The molecular formula is C22H25N5O3. The number of anilines is 1. The van der Waals surface area contributed by atoms with Crippen LogP contribution in [0.5, 0.6) is 0 Å². The lowest BCUT2D eigenvalue weighted by molar-refractivity contribution is -0.131. The lowest BCUT2D eigenvalue weighted by Gasteiger charge is -2.36. The molecule has 1 aromatic carbocycles. The minimum absolute atomic E-state index is 0.127. The topological polar surface area (TPSA) is 95.3 Å². The SMILES string of the molecule is Cc1noc(C)c1CCC(=O)N1CCN(c2cc(=O)[nH]nc2-c2ccccc2)CC1. The van der Waals surface area contributed by atoms with Gasteiger partial charge in [-0.25, -0.2) is 5.10 Å². The Morgan fingerprint density at radius 3 is 2.53 bits per heavy atom. The molecule has 0 saturated carbocycles. The summed E-state index contributed by atoms with van der Waals surface area (Å²) >= 11 is 0. The molecule has 8 nitrogen and oxygen atoms in total. The van der Waals surface area contributed by atoms with Gasteiger partial charge in [-0.15, -0.1) is 0 Å². The van der Waals surface area contributed by atoms with Crippen LogP contribution in [0.4, 0.5) is 5.69 Å². The highest BCUT2D eigenvalue weighted by atomic mass is 16.5. The van der Waals surface area contributed by atoms with Crippen molar-refractivity contribution in [2.24, 2.45) is 0 Å². The van der Waals surface area contributed by atoms with Gasteiger partial charge in [-0.05, 0) is 20.3 Å². The van der Waals surface area contributed by atoms with Gasteiger partial charge in [-0.1, -0.05) is 35.5 Å². The van der Waals surface area contributed by atoms with Crippen LogP contribution in [0.15, 0.2) is 45.7 Å². The number of aryl methyl sites for hydroxylation is 2.